The minimum absolute atomic E-state index is 0.176. The number of aliphatic hydroxyl groups is 1. The second-order valence-corrected chi connectivity index (χ2v) is 5.70. The molecule has 2 N–H and O–H groups in total. The molecule has 0 aliphatic rings. The Balaban J connectivity index is 2.06. The molecule has 2 amide bonds. The van der Waals surface area contributed by atoms with Crippen molar-refractivity contribution in [2.75, 3.05) is 20.8 Å². The molecule has 0 unspecified atom stereocenters. The molecule has 0 radical (unpaired) electrons. The average Bonchev–Trinajstić information content (AvgIpc) is 3.02. The number of benzene rings is 1. The van der Waals surface area contributed by atoms with Gasteiger partial charge in [-0.05, 0) is 43.7 Å². The largest absolute Gasteiger partial charge is 0.497 e. The molecule has 2 atom stereocenters. The van der Waals surface area contributed by atoms with Crippen LogP contribution in [0.5, 0.6) is 5.75 Å². The van der Waals surface area contributed by atoms with Crippen molar-refractivity contribution in [2.45, 2.75) is 25.9 Å². The molecule has 6 heteroatoms. The van der Waals surface area contributed by atoms with E-state index in [9.17, 15) is 9.90 Å². The molecule has 6 nitrogen and oxygen atoms in total. The highest BCUT2D eigenvalue weighted by atomic mass is 16.5. The number of methoxy groups -OCH3 is 1. The van der Waals surface area contributed by atoms with Crippen molar-refractivity contribution >= 4 is 6.03 Å². The van der Waals surface area contributed by atoms with E-state index in [0.717, 1.165) is 17.1 Å². The summed E-state index contributed by atoms with van der Waals surface area (Å²) in [5.41, 5.74) is 0.831. The quantitative estimate of drug-likeness (QED) is 0.852. The van der Waals surface area contributed by atoms with E-state index >= 15 is 0 Å². The number of aliphatic hydroxyl groups excluding tert-OH is 1. The van der Waals surface area contributed by atoms with Gasteiger partial charge in [-0.15, -0.1) is 0 Å². The highest BCUT2D eigenvalue weighted by Crippen LogP contribution is 2.23. The highest BCUT2D eigenvalue weighted by molar-refractivity contribution is 5.75. The first-order valence-corrected chi connectivity index (χ1v) is 7.80. The lowest BCUT2D eigenvalue weighted by Crippen LogP contribution is -2.41. The average molecular weight is 332 g/mol. The predicted molar refractivity (Wildman–Crippen MR) is 91.0 cm³/mol. The number of hydrogen-bond donors (Lipinski definition) is 2. The van der Waals surface area contributed by atoms with Crippen molar-refractivity contribution in [1.82, 2.24) is 10.2 Å². The molecule has 0 aliphatic heterocycles. The van der Waals surface area contributed by atoms with Gasteiger partial charge in [0.2, 0.25) is 0 Å². The highest BCUT2D eigenvalue weighted by Gasteiger charge is 2.23. The Morgan fingerprint density at radius 1 is 1.29 bits per heavy atom. The van der Waals surface area contributed by atoms with Gasteiger partial charge in [0.15, 0.2) is 0 Å². The van der Waals surface area contributed by atoms with E-state index in [4.69, 9.17) is 9.15 Å². The third-order valence-corrected chi connectivity index (χ3v) is 3.99. The lowest BCUT2D eigenvalue weighted by atomic mass is 10.1. The van der Waals surface area contributed by atoms with Crippen LogP contribution in [0.2, 0.25) is 0 Å². The van der Waals surface area contributed by atoms with Crippen molar-refractivity contribution in [3.05, 3.63) is 53.5 Å². The Morgan fingerprint density at radius 3 is 2.46 bits per heavy atom. The molecule has 1 aromatic heterocycles. The maximum Gasteiger partial charge on any atom is 0.318 e. The Hall–Kier alpha value is -2.47. The summed E-state index contributed by atoms with van der Waals surface area (Å²) in [7, 11) is 3.25. The molecule has 0 fully saturated rings. The Bertz CT molecular complexity index is 666. The second-order valence-electron chi connectivity index (χ2n) is 5.70. The van der Waals surface area contributed by atoms with Crippen LogP contribution in [0.3, 0.4) is 0 Å². The number of hydrogen-bond acceptors (Lipinski definition) is 4. The summed E-state index contributed by atoms with van der Waals surface area (Å²) in [6.45, 7) is 3.53. The van der Waals surface area contributed by atoms with E-state index in [1.807, 2.05) is 38.1 Å². The molecule has 2 aromatic rings. The Kier molecular flexibility index (Phi) is 5.87. The van der Waals surface area contributed by atoms with Crippen molar-refractivity contribution < 1.29 is 19.1 Å². The zero-order valence-corrected chi connectivity index (χ0v) is 14.4. The number of nitrogens with zero attached hydrogens (tertiary/aromatic N) is 1. The van der Waals surface area contributed by atoms with Gasteiger partial charge in [-0.3, -0.25) is 0 Å². The van der Waals surface area contributed by atoms with Crippen molar-refractivity contribution in [1.29, 1.82) is 0 Å². The number of aryl methyl sites for hydroxylation is 1. The number of amides is 2. The van der Waals surface area contributed by atoms with Crippen LogP contribution in [-0.2, 0) is 0 Å². The summed E-state index contributed by atoms with van der Waals surface area (Å²) in [6.07, 6.45) is 0. The van der Waals surface area contributed by atoms with Gasteiger partial charge in [0, 0.05) is 7.05 Å². The van der Waals surface area contributed by atoms with Gasteiger partial charge in [-0.25, -0.2) is 4.79 Å². The number of rotatable bonds is 6. The first kappa shape index (κ1) is 17.9. The molecule has 0 saturated carbocycles. The first-order chi connectivity index (χ1) is 11.5. The van der Waals surface area contributed by atoms with Crippen LogP contribution in [0.4, 0.5) is 4.79 Å². The molecule has 0 saturated heterocycles. The molecule has 2 rings (SSSR count). The fourth-order valence-corrected chi connectivity index (χ4v) is 2.46. The number of furan rings is 1. The van der Waals surface area contributed by atoms with Gasteiger partial charge in [-0.1, -0.05) is 12.1 Å². The molecule has 24 heavy (non-hydrogen) atoms. The van der Waals surface area contributed by atoms with Crippen molar-refractivity contribution in [3.63, 3.8) is 0 Å². The van der Waals surface area contributed by atoms with Crippen LogP contribution in [-0.4, -0.2) is 36.8 Å². The van der Waals surface area contributed by atoms with Gasteiger partial charge in [-0.2, -0.15) is 0 Å². The van der Waals surface area contributed by atoms with Crippen LogP contribution < -0.4 is 10.1 Å². The Morgan fingerprint density at radius 2 is 1.96 bits per heavy atom. The van der Waals surface area contributed by atoms with Crippen LogP contribution >= 0.6 is 0 Å². The van der Waals surface area contributed by atoms with E-state index in [-0.39, 0.29) is 18.7 Å². The SMILES string of the molecule is COc1ccc([C@H](CO)N(C)C(=O)N[C@@H](C)c2ccc(C)o2)cc1. The molecular weight excluding hydrogens is 308 g/mol. The van der Waals surface area contributed by atoms with E-state index in [0.29, 0.717) is 5.76 Å². The summed E-state index contributed by atoms with van der Waals surface area (Å²) in [5, 5.41) is 12.6. The van der Waals surface area contributed by atoms with Gasteiger partial charge >= 0.3 is 6.03 Å². The zero-order valence-electron chi connectivity index (χ0n) is 14.4. The third kappa shape index (κ3) is 4.08. The number of carbonyl (C=O) groups excluding carboxylic acids is 1. The topological polar surface area (TPSA) is 74.9 Å². The van der Waals surface area contributed by atoms with E-state index in [1.165, 1.54) is 4.90 Å². The molecular formula is C18H24N2O4. The zero-order chi connectivity index (χ0) is 17.7. The maximum atomic E-state index is 12.5. The van der Waals surface area contributed by atoms with Crippen LogP contribution in [0, 0.1) is 6.92 Å². The fraction of sp³-hybridized carbons (Fsp3) is 0.389. The van der Waals surface area contributed by atoms with Crippen LogP contribution in [0.15, 0.2) is 40.8 Å². The minimum Gasteiger partial charge on any atom is -0.497 e. The molecule has 1 heterocycles. The third-order valence-electron chi connectivity index (χ3n) is 3.99. The Labute approximate surface area is 142 Å². The van der Waals surface area contributed by atoms with Gasteiger partial charge < -0.3 is 24.5 Å². The van der Waals surface area contributed by atoms with E-state index < -0.39 is 6.04 Å². The standard InChI is InChI=1S/C18H24N2O4/c1-12-5-10-17(24-12)13(2)19-18(22)20(3)16(11-21)14-6-8-15(23-4)9-7-14/h5-10,13,16,21H,11H2,1-4H3,(H,19,22)/t13-,16-/m0/s1. The van der Waals surface area contributed by atoms with Crippen molar-refractivity contribution in [3.8, 4) is 5.75 Å². The van der Waals surface area contributed by atoms with E-state index in [2.05, 4.69) is 5.32 Å². The smallest absolute Gasteiger partial charge is 0.318 e. The van der Waals surface area contributed by atoms with Crippen molar-refractivity contribution in [2.24, 2.45) is 0 Å². The summed E-state index contributed by atoms with van der Waals surface area (Å²) in [6, 6.07) is 9.99. The lowest BCUT2D eigenvalue weighted by molar-refractivity contribution is 0.147. The number of urea groups is 1. The first-order valence-electron chi connectivity index (χ1n) is 7.80. The minimum atomic E-state index is -0.443. The maximum absolute atomic E-state index is 12.5. The summed E-state index contributed by atoms with van der Waals surface area (Å²) in [4.78, 5) is 13.9. The summed E-state index contributed by atoms with van der Waals surface area (Å²) < 4.78 is 10.7. The second kappa shape index (κ2) is 7.88. The monoisotopic (exact) mass is 332 g/mol. The molecule has 0 spiro atoms. The lowest BCUT2D eigenvalue weighted by Gasteiger charge is -2.28. The number of nitrogens with one attached hydrogen (secondary N) is 1. The summed E-state index contributed by atoms with van der Waals surface area (Å²) >= 11 is 0. The van der Waals surface area contributed by atoms with Gasteiger partial charge in [0.25, 0.3) is 0 Å². The van der Waals surface area contributed by atoms with E-state index in [1.54, 1.807) is 26.3 Å². The van der Waals surface area contributed by atoms with Crippen LogP contribution in [0.25, 0.3) is 0 Å². The molecule has 0 bridgehead atoms. The van der Waals surface area contributed by atoms with Gasteiger partial charge in [0.05, 0.1) is 25.8 Å². The molecule has 1 aromatic carbocycles. The predicted octanol–water partition coefficient (Wildman–Crippen LogP) is 3.03. The molecule has 0 aliphatic carbocycles. The molecule has 130 valence electrons. The number of carbonyl (C=O) groups is 1. The normalized spacial score (nSPS) is 13.2. The van der Waals surface area contributed by atoms with Gasteiger partial charge in [0.1, 0.15) is 17.3 Å². The van der Waals surface area contributed by atoms with Crippen LogP contribution in [0.1, 0.15) is 36.1 Å². The number of likely N-dealkylation sites (N-methyl/N-ethyl adjacent to an activating group) is 1. The number of ether oxygens (including phenoxy) is 1. The fourth-order valence-electron chi connectivity index (χ4n) is 2.46. The summed E-state index contributed by atoms with van der Waals surface area (Å²) in [5.74, 6) is 2.22.